The fourth-order valence-electron chi connectivity index (χ4n) is 2.84. The van der Waals surface area contributed by atoms with Crippen LogP contribution in [-0.4, -0.2) is 39.0 Å². The van der Waals surface area contributed by atoms with E-state index >= 15 is 0 Å². The van der Waals surface area contributed by atoms with Crippen LogP contribution in [-0.2, 0) is 16.0 Å². The zero-order valence-electron chi connectivity index (χ0n) is 13.2. The lowest BCUT2D eigenvalue weighted by Gasteiger charge is -2.24. The van der Waals surface area contributed by atoms with E-state index in [1.165, 1.54) is 0 Å². The third-order valence-corrected chi connectivity index (χ3v) is 5.45. The van der Waals surface area contributed by atoms with Crippen molar-refractivity contribution in [3.05, 3.63) is 48.2 Å². The van der Waals surface area contributed by atoms with Gasteiger partial charge in [-0.2, -0.15) is 11.8 Å². The lowest BCUT2D eigenvalue weighted by molar-refractivity contribution is -0.146. The number of rotatable bonds is 6. The molecule has 5 nitrogen and oxygen atoms in total. The summed E-state index contributed by atoms with van der Waals surface area (Å²) in [5.41, 5.74) is 1.99. The van der Waals surface area contributed by atoms with E-state index < -0.39 is 11.5 Å². The second-order valence-corrected chi connectivity index (χ2v) is 7.11. The summed E-state index contributed by atoms with van der Waals surface area (Å²) in [4.78, 5) is 26.9. The van der Waals surface area contributed by atoms with E-state index in [9.17, 15) is 14.7 Å². The van der Waals surface area contributed by atoms with Gasteiger partial charge in [0.1, 0.15) is 5.54 Å². The zero-order valence-corrected chi connectivity index (χ0v) is 14.1. The molecule has 6 heteroatoms. The Hall–Kier alpha value is -2.21. The third kappa shape index (κ3) is 3.64. The van der Waals surface area contributed by atoms with Gasteiger partial charge >= 0.3 is 5.97 Å². The molecule has 1 unspecified atom stereocenters. The molecule has 0 radical (unpaired) electrons. The van der Waals surface area contributed by atoms with Crippen molar-refractivity contribution in [2.75, 3.05) is 11.5 Å². The Morgan fingerprint density at radius 2 is 2.00 bits per heavy atom. The van der Waals surface area contributed by atoms with Gasteiger partial charge in [0, 0.05) is 23.6 Å². The molecule has 1 saturated heterocycles. The second-order valence-electron chi connectivity index (χ2n) is 6.00. The first-order valence-electron chi connectivity index (χ1n) is 7.94. The molecule has 126 valence electrons. The molecule has 1 aliphatic rings. The maximum atomic E-state index is 12.2. The minimum absolute atomic E-state index is 0.212. The average Bonchev–Trinajstić information content (AvgIpc) is 3.24. The topological polar surface area (TPSA) is 82.2 Å². The summed E-state index contributed by atoms with van der Waals surface area (Å²) in [5, 5.41) is 12.1. The van der Waals surface area contributed by atoms with Gasteiger partial charge in [-0.3, -0.25) is 4.79 Å². The van der Waals surface area contributed by atoms with Crippen LogP contribution in [0.3, 0.4) is 0 Å². The largest absolute Gasteiger partial charge is 0.479 e. The summed E-state index contributed by atoms with van der Waals surface area (Å²) in [5.74, 6) is 0.0566. The number of aryl methyl sites for hydroxylation is 1. The number of carbonyl (C=O) groups excluding carboxylic acids is 1. The summed E-state index contributed by atoms with van der Waals surface area (Å²) in [6.45, 7) is 0. The first kappa shape index (κ1) is 16.6. The molecule has 0 bridgehead atoms. The predicted molar refractivity (Wildman–Crippen MR) is 95.0 cm³/mol. The van der Waals surface area contributed by atoms with Gasteiger partial charge in [0.2, 0.25) is 5.91 Å². The molecule has 3 N–H and O–H groups in total. The number of aromatic amines is 1. The van der Waals surface area contributed by atoms with E-state index in [4.69, 9.17) is 0 Å². The van der Waals surface area contributed by atoms with Crippen molar-refractivity contribution in [2.24, 2.45) is 0 Å². The molecule has 2 heterocycles. The van der Waals surface area contributed by atoms with Crippen molar-refractivity contribution in [3.8, 4) is 11.3 Å². The number of hydrogen-bond donors (Lipinski definition) is 3. The minimum Gasteiger partial charge on any atom is -0.479 e. The second kappa shape index (κ2) is 7.13. The van der Waals surface area contributed by atoms with E-state index in [1.807, 2.05) is 42.5 Å². The van der Waals surface area contributed by atoms with E-state index in [1.54, 1.807) is 11.8 Å². The smallest absolute Gasteiger partial charge is 0.330 e. The minimum atomic E-state index is -1.09. The predicted octanol–water partition coefficient (Wildman–Crippen LogP) is 2.69. The molecule has 3 rings (SSSR count). The highest BCUT2D eigenvalue weighted by atomic mass is 32.2. The van der Waals surface area contributed by atoms with Crippen LogP contribution < -0.4 is 5.32 Å². The summed E-state index contributed by atoms with van der Waals surface area (Å²) in [7, 11) is 0. The first-order chi connectivity index (χ1) is 11.6. The highest BCUT2D eigenvalue weighted by Crippen LogP contribution is 2.28. The van der Waals surface area contributed by atoms with Crippen molar-refractivity contribution in [1.29, 1.82) is 0 Å². The molecule has 1 aromatic heterocycles. The number of thioether (sulfide) groups is 1. The Bertz CT molecular complexity index is 721. The number of H-pyrrole nitrogens is 1. The molecule has 1 aromatic carbocycles. The first-order valence-corrected chi connectivity index (χ1v) is 9.10. The van der Waals surface area contributed by atoms with Crippen molar-refractivity contribution in [2.45, 2.75) is 24.8 Å². The molecule has 0 spiro atoms. The van der Waals surface area contributed by atoms with Crippen molar-refractivity contribution >= 4 is 23.6 Å². The zero-order chi connectivity index (χ0) is 17.0. The van der Waals surface area contributed by atoms with Gasteiger partial charge in [0.25, 0.3) is 0 Å². The molecule has 1 atom stereocenters. The average molecular weight is 344 g/mol. The summed E-state index contributed by atoms with van der Waals surface area (Å²) in [6, 6.07) is 13.9. The lowest BCUT2D eigenvalue weighted by atomic mass is 9.99. The van der Waals surface area contributed by atoms with Gasteiger partial charge in [0.15, 0.2) is 0 Å². The molecule has 0 saturated carbocycles. The van der Waals surface area contributed by atoms with E-state index in [2.05, 4.69) is 10.3 Å². The van der Waals surface area contributed by atoms with Gasteiger partial charge in [-0.15, -0.1) is 0 Å². The molecule has 1 fully saturated rings. The molecule has 2 aromatic rings. The van der Waals surface area contributed by atoms with E-state index in [0.29, 0.717) is 18.6 Å². The number of carbonyl (C=O) groups is 2. The summed E-state index contributed by atoms with van der Waals surface area (Å²) < 4.78 is 0. The number of amides is 1. The van der Waals surface area contributed by atoms with Crippen LogP contribution in [0.4, 0.5) is 0 Å². The molecular weight excluding hydrogens is 324 g/mol. The van der Waals surface area contributed by atoms with E-state index in [0.717, 1.165) is 22.7 Å². The van der Waals surface area contributed by atoms with Crippen LogP contribution in [0.15, 0.2) is 42.5 Å². The molecule has 24 heavy (non-hydrogen) atoms. The molecule has 0 aliphatic carbocycles. The highest BCUT2D eigenvalue weighted by Gasteiger charge is 2.43. The van der Waals surface area contributed by atoms with Crippen molar-refractivity contribution in [3.63, 3.8) is 0 Å². The van der Waals surface area contributed by atoms with Crippen LogP contribution in [0.1, 0.15) is 18.5 Å². The lowest BCUT2D eigenvalue weighted by Crippen LogP contribution is -2.54. The number of carboxylic acids is 1. The van der Waals surface area contributed by atoms with Crippen LogP contribution in [0.5, 0.6) is 0 Å². The Morgan fingerprint density at radius 3 is 2.67 bits per heavy atom. The number of aliphatic carboxylic acids is 1. The fourth-order valence-corrected chi connectivity index (χ4v) is 4.16. The number of hydrogen-bond acceptors (Lipinski definition) is 3. The number of nitrogens with one attached hydrogen (secondary N) is 2. The van der Waals surface area contributed by atoms with Crippen molar-refractivity contribution in [1.82, 2.24) is 10.3 Å². The van der Waals surface area contributed by atoms with Crippen LogP contribution in [0.2, 0.25) is 0 Å². The van der Waals surface area contributed by atoms with E-state index in [-0.39, 0.29) is 12.3 Å². The monoisotopic (exact) mass is 344 g/mol. The third-order valence-electron chi connectivity index (χ3n) is 4.26. The fraction of sp³-hybridized carbons (Fsp3) is 0.333. The molecule has 1 aliphatic heterocycles. The summed E-state index contributed by atoms with van der Waals surface area (Å²) in [6.07, 6.45) is 1.31. The number of aromatic nitrogens is 1. The number of benzene rings is 1. The maximum absolute atomic E-state index is 12.2. The van der Waals surface area contributed by atoms with Gasteiger partial charge in [-0.05, 0) is 36.3 Å². The van der Waals surface area contributed by atoms with Gasteiger partial charge in [0.05, 0.1) is 0 Å². The highest BCUT2D eigenvalue weighted by molar-refractivity contribution is 7.99. The maximum Gasteiger partial charge on any atom is 0.330 e. The SMILES string of the molecule is O=C(CCc1ccc(-c2ccccc2)[nH]1)NC1(C(=O)O)CCSC1. The Kier molecular flexibility index (Phi) is 4.94. The molecule has 1 amide bonds. The summed E-state index contributed by atoms with van der Waals surface area (Å²) >= 11 is 1.57. The molecular formula is C18H20N2O3S. The Labute approximate surface area is 144 Å². The number of carboxylic acid groups (broad SMARTS) is 1. The van der Waals surface area contributed by atoms with Gasteiger partial charge in [-0.1, -0.05) is 30.3 Å². The van der Waals surface area contributed by atoms with Crippen molar-refractivity contribution < 1.29 is 14.7 Å². The van der Waals surface area contributed by atoms with Crippen LogP contribution >= 0.6 is 11.8 Å². The van der Waals surface area contributed by atoms with Crippen LogP contribution in [0, 0.1) is 0 Å². The standard InChI is InChI=1S/C18H20N2O3S/c21-16(20-18(17(22)23)10-11-24-12-18)9-7-14-6-8-15(19-14)13-4-2-1-3-5-13/h1-6,8,19H,7,9-12H2,(H,20,21)(H,22,23). The van der Waals surface area contributed by atoms with Gasteiger partial charge < -0.3 is 15.4 Å². The Balaban J connectivity index is 1.57. The van der Waals surface area contributed by atoms with Gasteiger partial charge in [-0.25, -0.2) is 4.79 Å². The van der Waals surface area contributed by atoms with Crippen LogP contribution in [0.25, 0.3) is 11.3 Å². The quantitative estimate of drug-likeness (QED) is 0.752. The Morgan fingerprint density at radius 1 is 1.21 bits per heavy atom. The normalized spacial score (nSPS) is 20.0.